The Hall–Kier alpha value is -0.550. The van der Waals surface area contributed by atoms with Crippen LogP contribution in [-0.4, -0.2) is 11.6 Å². The van der Waals surface area contributed by atoms with Gasteiger partial charge in [-0.15, -0.1) is 0 Å². The molecule has 0 aliphatic heterocycles. The summed E-state index contributed by atoms with van der Waals surface area (Å²) in [5, 5.41) is 12.1. The van der Waals surface area contributed by atoms with Crippen LogP contribution in [0.2, 0.25) is 0 Å². The van der Waals surface area contributed by atoms with E-state index in [1.54, 1.807) is 0 Å². The van der Waals surface area contributed by atoms with Gasteiger partial charge in [-0.2, -0.15) is 5.26 Å². The third kappa shape index (κ3) is 2.90. The van der Waals surface area contributed by atoms with Crippen molar-refractivity contribution in [1.29, 1.82) is 5.26 Å². The van der Waals surface area contributed by atoms with Crippen LogP contribution in [0.1, 0.15) is 34.6 Å². The van der Waals surface area contributed by atoms with Gasteiger partial charge in [0, 0.05) is 6.04 Å². The molecule has 1 N–H and O–H groups in total. The molecular formula is C9H18N2. The molecule has 64 valence electrons. The first-order chi connectivity index (χ1) is 4.92. The molecule has 0 radical (unpaired) electrons. The lowest BCUT2D eigenvalue weighted by molar-refractivity contribution is 0.313. The molecule has 2 nitrogen and oxygen atoms in total. The molecule has 11 heavy (non-hydrogen) atoms. The molecule has 0 saturated heterocycles. The zero-order valence-corrected chi connectivity index (χ0v) is 8.10. The highest BCUT2D eigenvalue weighted by Crippen LogP contribution is 2.15. The summed E-state index contributed by atoms with van der Waals surface area (Å²) in [7, 11) is 0. The monoisotopic (exact) mass is 154 g/mol. The van der Waals surface area contributed by atoms with Gasteiger partial charge in [0.1, 0.15) is 5.54 Å². The molecule has 1 unspecified atom stereocenters. The number of rotatable bonds is 3. The minimum absolute atomic E-state index is 0.342. The molecule has 0 fully saturated rings. The highest BCUT2D eigenvalue weighted by atomic mass is 15.0. The van der Waals surface area contributed by atoms with Crippen molar-refractivity contribution >= 4 is 0 Å². The summed E-state index contributed by atoms with van der Waals surface area (Å²) in [5.74, 6) is 0.342. The van der Waals surface area contributed by atoms with E-state index >= 15 is 0 Å². The number of nitrogens with one attached hydrogen (secondary N) is 1. The second-order valence-electron chi connectivity index (χ2n) is 3.77. The van der Waals surface area contributed by atoms with Crippen molar-refractivity contribution in [3.63, 3.8) is 0 Å². The molecule has 0 amide bonds. The van der Waals surface area contributed by atoms with Crippen molar-refractivity contribution in [3.8, 4) is 6.07 Å². The second-order valence-corrected chi connectivity index (χ2v) is 3.77. The molecule has 0 aliphatic rings. The first-order valence-corrected chi connectivity index (χ1v) is 4.11. The Balaban J connectivity index is 4.26. The Morgan fingerprint density at radius 3 is 1.82 bits per heavy atom. The smallest absolute Gasteiger partial charge is 0.106 e. The third-order valence-corrected chi connectivity index (χ3v) is 1.98. The van der Waals surface area contributed by atoms with Gasteiger partial charge in [0.25, 0.3) is 0 Å². The number of nitrogens with zero attached hydrogens (tertiary/aromatic N) is 1. The lowest BCUT2D eigenvalue weighted by Gasteiger charge is -2.29. The first-order valence-electron chi connectivity index (χ1n) is 4.11. The number of hydrogen-bond donors (Lipinski definition) is 1. The zero-order valence-electron chi connectivity index (χ0n) is 8.10. The van der Waals surface area contributed by atoms with Gasteiger partial charge < -0.3 is 0 Å². The molecule has 0 aromatic heterocycles. The van der Waals surface area contributed by atoms with Crippen LogP contribution in [0.3, 0.4) is 0 Å². The van der Waals surface area contributed by atoms with Crippen molar-refractivity contribution in [2.75, 3.05) is 0 Å². The van der Waals surface area contributed by atoms with Crippen LogP contribution in [0.4, 0.5) is 0 Å². The van der Waals surface area contributed by atoms with Gasteiger partial charge in [-0.05, 0) is 26.7 Å². The topological polar surface area (TPSA) is 35.8 Å². The van der Waals surface area contributed by atoms with Crippen molar-refractivity contribution in [1.82, 2.24) is 5.32 Å². The minimum atomic E-state index is -0.381. The van der Waals surface area contributed by atoms with Crippen LogP contribution in [0, 0.1) is 17.2 Å². The van der Waals surface area contributed by atoms with Gasteiger partial charge in [-0.3, -0.25) is 5.32 Å². The van der Waals surface area contributed by atoms with E-state index < -0.39 is 0 Å². The third-order valence-electron chi connectivity index (χ3n) is 1.98. The fourth-order valence-corrected chi connectivity index (χ4v) is 0.928. The molecule has 0 spiro atoms. The van der Waals surface area contributed by atoms with E-state index in [1.165, 1.54) is 0 Å². The largest absolute Gasteiger partial charge is 0.297 e. The van der Waals surface area contributed by atoms with Crippen LogP contribution in [0.25, 0.3) is 0 Å². The summed E-state index contributed by atoms with van der Waals surface area (Å²) in [6.45, 7) is 10.2. The summed E-state index contributed by atoms with van der Waals surface area (Å²) >= 11 is 0. The SMILES string of the molecule is CC(C)NC(C)(C#N)C(C)C. The fourth-order valence-electron chi connectivity index (χ4n) is 0.928. The van der Waals surface area contributed by atoms with Crippen LogP contribution in [-0.2, 0) is 0 Å². The molecule has 1 atom stereocenters. The first kappa shape index (κ1) is 10.4. The van der Waals surface area contributed by atoms with E-state index in [4.69, 9.17) is 5.26 Å². The zero-order chi connectivity index (χ0) is 9.07. The van der Waals surface area contributed by atoms with Gasteiger partial charge in [0.2, 0.25) is 0 Å². The van der Waals surface area contributed by atoms with E-state index in [0.29, 0.717) is 12.0 Å². The Kier molecular flexibility index (Phi) is 3.54. The van der Waals surface area contributed by atoms with Crippen molar-refractivity contribution in [2.45, 2.75) is 46.2 Å². The normalized spacial score (nSPS) is 16.5. The number of nitriles is 1. The highest BCUT2D eigenvalue weighted by Gasteiger charge is 2.27. The molecule has 2 heteroatoms. The maximum atomic E-state index is 8.89. The van der Waals surface area contributed by atoms with E-state index in [-0.39, 0.29) is 5.54 Å². The van der Waals surface area contributed by atoms with Crippen molar-refractivity contribution in [2.24, 2.45) is 5.92 Å². The molecule has 0 aromatic carbocycles. The Morgan fingerprint density at radius 2 is 1.73 bits per heavy atom. The second kappa shape index (κ2) is 3.73. The van der Waals surface area contributed by atoms with Gasteiger partial charge in [0.15, 0.2) is 0 Å². The minimum Gasteiger partial charge on any atom is -0.297 e. The molecule has 0 bridgehead atoms. The Bertz CT molecular complexity index is 155. The van der Waals surface area contributed by atoms with E-state index in [9.17, 15) is 0 Å². The lowest BCUT2D eigenvalue weighted by Crippen LogP contribution is -2.48. The van der Waals surface area contributed by atoms with Crippen LogP contribution < -0.4 is 5.32 Å². The fraction of sp³-hybridized carbons (Fsp3) is 0.889. The summed E-state index contributed by atoms with van der Waals surface area (Å²) in [6.07, 6.45) is 0. The Morgan fingerprint density at radius 1 is 1.27 bits per heavy atom. The van der Waals surface area contributed by atoms with Gasteiger partial charge >= 0.3 is 0 Å². The standard InChI is InChI=1S/C9H18N2/c1-7(2)9(5,6-10)11-8(3)4/h7-8,11H,1-5H3. The predicted octanol–water partition coefficient (Wildman–Crippen LogP) is 1.92. The van der Waals surface area contributed by atoms with E-state index in [1.807, 2.05) is 6.92 Å². The summed E-state index contributed by atoms with van der Waals surface area (Å²) < 4.78 is 0. The summed E-state index contributed by atoms with van der Waals surface area (Å²) in [4.78, 5) is 0. The molecule has 0 heterocycles. The highest BCUT2D eigenvalue weighted by molar-refractivity contribution is 5.06. The van der Waals surface area contributed by atoms with Gasteiger partial charge in [-0.25, -0.2) is 0 Å². The molecule has 0 rings (SSSR count). The van der Waals surface area contributed by atoms with Crippen LogP contribution in [0.15, 0.2) is 0 Å². The maximum absolute atomic E-state index is 8.89. The summed E-state index contributed by atoms with van der Waals surface area (Å²) in [6, 6.07) is 2.66. The average Bonchev–Trinajstić information content (AvgIpc) is 1.86. The Labute approximate surface area is 69.6 Å². The van der Waals surface area contributed by atoms with Crippen LogP contribution >= 0.6 is 0 Å². The molecule has 0 saturated carbocycles. The van der Waals surface area contributed by atoms with Crippen molar-refractivity contribution < 1.29 is 0 Å². The number of hydrogen-bond acceptors (Lipinski definition) is 2. The quantitative estimate of drug-likeness (QED) is 0.674. The predicted molar refractivity (Wildman–Crippen MR) is 47.1 cm³/mol. The average molecular weight is 154 g/mol. The van der Waals surface area contributed by atoms with Crippen LogP contribution in [0.5, 0.6) is 0 Å². The van der Waals surface area contributed by atoms with E-state index in [2.05, 4.69) is 39.1 Å². The summed E-state index contributed by atoms with van der Waals surface area (Å²) in [5.41, 5.74) is -0.381. The van der Waals surface area contributed by atoms with E-state index in [0.717, 1.165) is 0 Å². The maximum Gasteiger partial charge on any atom is 0.106 e. The molecule has 0 aromatic rings. The van der Waals surface area contributed by atoms with Gasteiger partial charge in [0.05, 0.1) is 6.07 Å². The molecule has 0 aliphatic carbocycles. The lowest BCUT2D eigenvalue weighted by atomic mass is 9.89. The van der Waals surface area contributed by atoms with Crippen molar-refractivity contribution in [3.05, 3.63) is 0 Å². The van der Waals surface area contributed by atoms with Gasteiger partial charge in [-0.1, -0.05) is 13.8 Å². The molecular weight excluding hydrogens is 136 g/mol.